The molecule has 1 N–H and O–H groups in total. The van der Waals surface area contributed by atoms with Crippen molar-refractivity contribution in [3.63, 3.8) is 0 Å². The normalized spacial score (nSPS) is 11.4. The van der Waals surface area contributed by atoms with Gasteiger partial charge in [-0.2, -0.15) is 0 Å². The van der Waals surface area contributed by atoms with E-state index in [4.69, 9.17) is 0 Å². The number of benzene rings is 1. The lowest BCUT2D eigenvalue weighted by molar-refractivity contribution is -0.113. The van der Waals surface area contributed by atoms with Gasteiger partial charge in [-0.05, 0) is 49.8 Å². The number of amides is 1. The van der Waals surface area contributed by atoms with Crippen molar-refractivity contribution in [1.82, 2.24) is 14.1 Å². The molecule has 170 valence electrons. The second kappa shape index (κ2) is 9.32. The quantitative estimate of drug-likeness (QED) is 0.576. The van der Waals surface area contributed by atoms with Crippen molar-refractivity contribution < 1.29 is 4.79 Å². The molecule has 0 fully saturated rings. The molecule has 3 aromatic rings. The Morgan fingerprint density at radius 2 is 1.72 bits per heavy atom. The number of rotatable bonds is 6. The van der Waals surface area contributed by atoms with Crippen LogP contribution in [0.25, 0.3) is 11.0 Å². The van der Waals surface area contributed by atoms with Crippen LogP contribution in [0.4, 0.5) is 5.69 Å². The zero-order valence-corrected chi connectivity index (χ0v) is 20.5. The van der Waals surface area contributed by atoms with Gasteiger partial charge in [-0.1, -0.05) is 31.5 Å². The smallest absolute Gasteiger partial charge is 0.325 e. The summed E-state index contributed by atoms with van der Waals surface area (Å²) in [7, 11) is 3.06. The third-order valence-electron chi connectivity index (χ3n) is 5.41. The number of nitrogens with zero attached hydrogens (tertiary/aromatic N) is 3. The van der Waals surface area contributed by atoms with Crippen molar-refractivity contribution >= 4 is 34.4 Å². The Balaban J connectivity index is 2.01. The average Bonchev–Trinajstić information content (AvgIpc) is 2.71. The minimum absolute atomic E-state index is 0.142. The van der Waals surface area contributed by atoms with Crippen molar-refractivity contribution in [3.05, 3.63) is 61.4 Å². The van der Waals surface area contributed by atoms with Crippen molar-refractivity contribution in [2.24, 2.45) is 20.0 Å². The van der Waals surface area contributed by atoms with Crippen LogP contribution in [0, 0.1) is 26.7 Å². The monoisotopic (exact) mass is 454 g/mol. The van der Waals surface area contributed by atoms with E-state index in [2.05, 4.69) is 24.1 Å². The number of hydrogen-bond acceptors (Lipinski definition) is 5. The van der Waals surface area contributed by atoms with Crippen LogP contribution in [0.5, 0.6) is 0 Å². The zero-order valence-electron chi connectivity index (χ0n) is 19.7. The number of aromatic nitrogens is 3. The van der Waals surface area contributed by atoms with Crippen molar-refractivity contribution in [1.29, 1.82) is 0 Å². The van der Waals surface area contributed by atoms with Gasteiger partial charge in [-0.3, -0.25) is 18.7 Å². The Kier molecular flexibility index (Phi) is 6.93. The highest BCUT2D eigenvalue weighted by Crippen LogP contribution is 2.30. The van der Waals surface area contributed by atoms with Gasteiger partial charge >= 0.3 is 5.69 Å². The van der Waals surface area contributed by atoms with Gasteiger partial charge in [0.2, 0.25) is 5.91 Å². The summed E-state index contributed by atoms with van der Waals surface area (Å²) >= 11 is 1.32. The number of pyridine rings is 1. The Morgan fingerprint density at radius 1 is 1.09 bits per heavy atom. The molecule has 0 bridgehead atoms. The van der Waals surface area contributed by atoms with Crippen LogP contribution in [-0.4, -0.2) is 25.8 Å². The molecule has 0 unspecified atom stereocenters. The van der Waals surface area contributed by atoms with Crippen LogP contribution in [0.3, 0.4) is 0 Å². The van der Waals surface area contributed by atoms with E-state index in [1.807, 2.05) is 32.9 Å². The summed E-state index contributed by atoms with van der Waals surface area (Å²) in [5.41, 5.74) is 4.42. The predicted molar refractivity (Wildman–Crippen MR) is 131 cm³/mol. The fraction of sp³-hybridized carbons (Fsp3) is 0.417. The minimum atomic E-state index is -0.425. The molecule has 2 aromatic heterocycles. The van der Waals surface area contributed by atoms with E-state index in [0.29, 0.717) is 21.8 Å². The van der Waals surface area contributed by atoms with Crippen molar-refractivity contribution in [2.75, 3.05) is 11.1 Å². The van der Waals surface area contributed by atoms with Gasteiger partial charge in [0.15, 0.2) is 0 Å². The van der Waals surface area contributed by atoms with Crippen LogP contribution in [0.15, 0.2) is 32.8 Å². The maximum Gasteiger partial charge on any atom is 0.332 e. The number of thioether (sulfide) groups is 1. The van der Waals surface area contributed by atoms with Gasteiger partial charge in [0.25, 0.3) is 5.56 Å². The summed E-state index contributed by atoms with van der Waals surface area (Å²) in [6.07, 6.45) is 2.44. The molecule has 0 radical (unpaired) electrons. The molecule has 8 heteroatoms. The third kappa shape index (κ3) is 4.65. The number of anilines is 1. The summed E-state index contributed by atoms with van der Waals surface area (Å²) in [5, 5.41) is 3.40. The molecule has 0 aliphatic heterocycles. The molecule has 0 saturated heterocycles. The molecule has 7 nitrogen and oxygen atoms in total. The molecular formula is C24H30N4O3S. The van der Waals surface area contributed by atoms with E-state index in [-0.39, 0.29) is 11.7 Å². The summed E-state index contributed by atoms with van der Waals surface area (Å²) in [5.74, 6) is 0.340. The summed E-state index contributed by atoms with van der Waals surface area (Å²) in [6, 6.07) is 4.08. The molecular weight excluding hydrogens is 424 g/mol. The fourth-order valence-corrected chi connectivity index (χ4v) is 4.97. The lowest BCUT2D eigenvalue weighted by Crippen LogP contribution is -2.37. The number of aryl methyl sites for hydroxylation is 4. The van der Waals surface area contributed by atoms with Crippen LogP contribution in [-0.2, 0) is 25.3 Å². The van der Waals surface area contributed by atoms with E-state index in [0.717, 1.165) is 38.9 Å². The zero-order chi connectivity index (χ0) is 23.7. The second-order valence-electron chi connectivity index (χ2n) is 8.73. The van der Waals surface area contributed by atoms with E-state index in [1.165, 1.54) is 23.4 Å². The number of nitrogens with one attached hydrogen (secondary N) is 1. The lowest BCUT2D eigenvalue weighted by atomic mass is 10.0. The largest absolute Gasteiger partial charge is 0.332 e. The van der Waals surface area contributed by atoms with Gasteiger partial charge in [-0.15, -0.1) is 11.8 Å². The third-order valence-corrected chi connectivity index (χ3v) is 6.57. The standard InChI is InChI=1S/C24H30N4O3S/c1-13(2)8-17-11-25-22-19(23(30)28(7)24(31)27(22)6)21(17)32-12-18(29)26-20-15(4)9-14(3)10-16(20)5/h9-11,13H,8,12H2,1-7H3,(H,26,29). The van der Waals surface area contributed by atoms with Gasteiger partial charge in [0, 0.05) is 30.9 Å². The maximum absolute atomic E-state index is 13.0. The summed E-state index contributed by atoms with van der Waals surface area (Å²) < 4.78 is 2.46. The average molecular weight is 455 g/mol. The Bertz CT molecular complexity index is 1300. The number of carbonyl (C=O) groups excluding carboxylic acids is 1. The fourth-order valence-electron chi connectivity index (χ4n) is 3.98. The van der Waals surface area contributed by atoms with Crippen molar-refractivity contribution in [2.45, 2.75) is 45.9 Å². The number of fused-ring (bicyclic) bond motifs is 1. The van der Waals surface area contributed by atoms with Gasteiger partial charge in [-0.25, -0.2) is 9.78 Å². The van der Waals surface area contributed by atoms with Gasteiger partial charge in [0.05, 0.1) is 11.1 Å². The van der Waals surface area contributed by atoms with E-state index in [9.17, 15) is 14.4 Å². The van der Waals surface area contributed by atoms with Crippen LogP contribution < -0.4 is 16.6 Å². The van der Waals surface area contributed by atoms with Crippen LogP contribution in [0.1, 0.15) is 36.1 Å². The topological polar surface area (TPSA) is 86.0 Å². The molecule has 2 heterocycles. The minimum Gasteiger partial charge on any atom is -0.325 e. The SMILES string of the molecule is Cc1cc(C)c(NC(=O)CSc2c(CC(C)C)cnc3c2c(=O)n(C)c(=O)n3C)c(C)c1. The summed E-state index contributed by atoms with van der Waals surface area (Å²) in [6.45, 7) is 10.2. The molecule has 32 heavy (non-hydrogen) atoms. The van der Waals surface area contributed by atoms with E-state index in [1.54, 1.807) is 13.2 Å². The first-order chi connectivity index (χ1) is 15.0. The van der Waals surface area contributed by atoms with Gasteiger partial charge in [0.1, 0.15) is 5.65 Å². The highest BCUT2D eigenvalue weighted by atomic mass is 32.2. The Hall–Kier alpha value is -2.87. The number of carbonyl (C=O) groups is 1. The molecule has 1 aromatic carbocycles. The lowest BCUT2D eigenvalue weighted by Gasteiger charge is -2.16. The van der Waals surface area contributed by atoms with Gasteiger partial charge < -0.3 is 5.32 Å². The Morgan fingerprint density at radius 3 is 2.31 bits per heavy atom. The molecule has 3 rings (SSSR count). The maximum atomic E-state index is 13.0. The molecule has 0 atom stereocenters. The molecule has 0 saturated carbocycles. The first-order valence-corrected chi connectivity index (χ1v) is 11.6. The number of hydrogen-bond donors (Lipinski definition) is 1. The molecule has 0 aliphatic carbocycles. The molecule has 0 aliphatic rings. The van der Waals surface area contributed by atoms with Crippen LogP contribution in [0.2, 0.25) is 0 Å². The first-order valence-electron chi connectivity index (χ1n) is 10.6. The summed E-state index contributed by atoms with van der Waals surface area (Å²) in [4.78, 5) is 43.3. The predicted octanol–water partition coefficient (Wildman–Crippen LogP) is 3.49. The van der Waals surface area contributed by atoms with Crippen molar-refractivity contribution in [3.8, 4) is 0 Å². The molecule has 0 spiro atoms. The second-order valence-corrected chi connectivity index (χ2v) is 9.71. The highest BCUT2D eigenvalue weighted by molar-refractivity contribution is 8.00. The first kappa shape index (κ1) is 23.8. The van der Waals surface area contributed by atoms with E-state index >= 15 is 0 Å². The van der Waals surface area contributed by atoms with Crippen LogP contribution >= 0.6 is 11.8 Å². The Labute approximate surface area is 191 Å². The highest BCUT2D eigenvalue weighted by Gasteiger charge is 2.19. The van der Waals surface area contributed by atoms with E-state index < -0.39 is 11.2 Å². The molecule has 1 amide bonds.